The average molecular weight is 525 g/mol. The van der Waals surface area contributed by atoms with Crippen molar-refractivity contribution in [2.45, 2.75) is 19.6 Å². The van der Waals surface area contributed by atoms with E-state index in [1.165, 1.54) is 29.5 Å². The number of nitrogens with one attached hydrogen (secondary N) is 1. The van der Waals surface area contributed by atoms with Crippen molar-refractivity contribution in [3.8, 4) is 5.75 Å². The predicted octanol–water partition coefficient (Wildman–Crippen LogP) is 3.46. The van der Waals surface area contributed by atoms with Crippen LogP contribution in [-0.2, 0) is 11.3 Å². The normalized spacial score (nSPS) is 14.3. The molecule has 0 aromatic heterocycles. The van der Waals surface area contributed by atoms with Gasteiger partial charge in [0.25, 0.3) is 0 Å². The van der Waals surface area contributed by atoms with Gasteiger partial charge in [0.1, 0.15) is 11.6 Å². The number of carbonyl (C=O) groups is 3. The minimum absolute atomic E-state index is 0.104. The van der Waals surface area contributed by atoms with Crippen LogP contribution in [0.3, 0.4) is 0 Å². The Hall–Kier alpha value is -3.67. The van der Waals surface area contributed by atoms with E-state index in [1.807, 2.05) is 6.92 Å². The van der Waals surface area contributed by atoms with Gasteiger partial charge in [-0.15, -0.1) is 0 Å². The lowest BCUT2D eigenvalue weighted by atomic mass is 10.1. The van der Waals surface area contributed by atoms with Gasteiger partial charge in [-0.1, -0.05) is 19.1 Å². The Bertz CT molecular complexity index is 1120. The Morgan fingerprint density at radius 3 is 2.22 bits per heavy atom. The number of alkyl halides is 3. The van der Waals surface area contributed by atoms with Crippen LogP contribution in [0.15, 0.2) is 42.5 Å². The molecule has 0 bridgehead atoms. The first-order valence-corrected chi connectivity index (χ1v) is 11.6. The van der Waals surface area contributed by atoms with Crippen molar-refractivity contribution in [2.24, 2.45) is 0 Å². The fourth-order valence-electron chi connectivity index (χ4n) is 3.84. The monoisotopic (exact) mass is 524 g/mol. The highest BCUT2D eigenvalue weighted by Crippen LogP contribution is 2.24. The summed E-state index contributed by atoms with van der Waals surface area (Å²) in [6, 6.07) is 9.83. The molecule has 0 spiro atoms. The van der Waals surface area contributed by atoms with Gasteiger partial charge in [-0.05, 0) is 36.9 Å². The third-order valence-corrected chi connectivity index (χ3v) is 6.08. The Morgan fingerprint density at radius 1 is 1.03 bits per heavy atom. The van der Waals surface area contributed by atoms with E-state index in [1.54, 1.807) is 29.2 Å². The molecule has 200 valence electrons. The number of halogens is 4. The molecule has 1 fully saturated rings. The van der Waals surface area contributed by atoms with Gasteiger partial charge in [0.15, 0.2) is 5.78 Å². The topological polar surface area (TPSA) is 82.2 Å². The molecule has 0 atom stereocenters. The number of anilines is 1. The maximum atomic E-state index is 15.0. The van der Waals surface area contributed by atoms with E-state index >= 15 is 0 Å². The van der Waals surface area contributed by atoms with Crippen molar-refractivity contribution in [3.63, 3.8) is 0 Å². The molecule has 1 aliphatic heterocycles. The third-order valence-electron chi connectivity index (χ3n) is 6.08. The molecule has 2 aromatic carbocycles. The van der Waals surface area contributed by atoms with Crippen molar-refractivity contribution in [1.29, 1.82) is 0 Å². The molecule has 2 aromatic rings. The molecule has 1 heterocycles. The van der Waals surface area contributed by atoms with E-state index in [-0.39, 0.29) is 23.7 Å². The summed E-state index contributed by atoms with van der Waals surface area (Å²) in [4.78, 5) is 41.9. The Balaban J connectivity index is 1.79. The zero-order valence-corrected chi connectivity index (χ0v) is 20.5. The number of amides is 3. The molecule has 0 saturated carbocycles. The summed E-state index contributed by atoms with van der Waals surface area (Å²) >= 11 is 0. The summed E-state index contributed by atoms with van der Waals surface area (Å²) in [5, 5.41) is 1.47. The van der Waals surface area contributed by atoms with Crippen LogP contribution in [0.5, 0.6) is 5.75 Å². The predicted molar refractivity (Wildman–Crippen MR) is 128 cm³/mol. The maximum Gasteiger partial charge on any atom is 0.471 e. The SMILES string of the molecule is CCN1CCN(C(=O)N(Cc2ccc(C(=O)CNC(=O)C(F)(F)F)cc2F)c2ccc(OC)cc2)CC1. The number of hydrogen-bond donors (Lipinski definition) is 1. The van der Waals surface area contributed by atoms with Gasteiger partial charge in [-0.25, -0.2) is 9.18 Å². The summed E-state index contributed by atoms with van der Waals surface area (Å²) < 4.78 is 57.2. The zero-order chi connectivity index (χ0) is 27.2. The van der Waals surface area contributed by atoms with Crippen LogP contribution in [0.25, 0.3) is 0 Å². The lowest BCUT2D eigenvalue weighted by molar-refractivity contribution is -0.173. The van der Waals surface area contributed by atoms with Crippen molar-refractivity contribution < 1.29 is 36.7 Å². The molecule has 37 heavy (non-hydrogen) atoms. The largest absolute Gasteiger partial charge is 0.497 e. The number of rotatable bonds is 8. The fraction of sp³-hybridized carbons (Fsp3) is 0.400. The van der Waals surface area contributed by atoms with Crippen LogP contribution in [-0.4, -0.2) is 80.1 Å². The van der Waals surface area contributed by atoms with E-state index in [0.717, 1.165) is 25.7 Å². The second kappa shape index (κ2) is 12.0. The van der Waals surface area contributed by atoms with Gasteiger partial charge in [0, 0.05) is 43.0 Å². The van der Waals surface area contributed by atoms with Gasteiger partial charge < -0.3 is 19.9 Å². The highest BCUT2D eigenvalue weighted by Gasteiger charge is 2.38. The number of piperazine rings is 1. The zero-order valence-electron chi connectivity index (χ0n) is 20.5. The Kier molecular flexibility index (Phi) is 9.09. The van der Waals surface area contributed by atoms with Crippen molar-refractivity contribution >= 4 is 23.4 Å². The van der Waals surface area contributed by atoms with E-state index in [0.29, 0.717) is 24.5 Å². The number of benzene rings is 2. The van der Waals surface area contributed by atoms with Crippen molar-refractivity contribution in [3.05, 3.63) is 59.4 Å². The van der Waals surface area contributed by atoms with Crippen LogP contribution in [0.1, 0.15) is 22.8 Å². The number of ketones is 1. The molecule has 1 aliphatic rings. The van der Waals surface area contributed by atoms with Gasteiger partial charge in [-0.2, -0.15) is 13.2 Å². The number of urea groups is 1. The van der Waals surface area contributed by atoms with Crippen molar-refractivity contribution in [2.75, 3.05) is 51.3 Å². The van der Waals surface area contributed by atoms with Crippen LogP contribution < -0.4 is 15.0 Å². The second-order valence-corrected chi connectivity index (χ2v) is 8.40. The number of hydrogen-bond acceptors (Lipinski definition) is 5. The van der Waals surface area contributed by atoms with Gasteiger partial charge in [-0.3, -0.25) is 14.5 Å². The molecule has 1 saturated heterocycles. The van der Waals surface area contributed by atoms with Gasteiger partial charge in [0.05, 0.1) is 20.2 Å². The number of Topliss-reactive ketones (excluding diaryl/α,β-unsaturated/α-hetero) is 1. The highest BCUT2D eigenvalue weighted by molar-refractivity contribution is 6.00. The molecule has 0 unspecified atom stereocenters. The number of methoxy groups -OCH3 is 1. The summed E-state index contributed by atoms with van der Waals surface area (Å²) in [5.74, 6) is -3.37. The number of likely N-dealkylation sites (N-methyl/N-ethyl adjacent to an activating group) is 1. The molecule has 1 N–H and O–H groups in total. The molecule has 0 radical (unpaired) electrons. The molecule has 3 rings (SSSR count). The van der Waals surface area contributed by atoms with E-state index < -0.39 is 30.2 Å². The lowest BCUT2D eigenvalue weighted by Crippen LogP contribution is -2.52. The third kappa shape index (κ3) is 7.19. The Morgan fingerprint density at radius 2 is 1.68 bits per heavy atom. The minimum Gasteiger partial charge on any atom is -0.497 e. The minimum atomic E-state index is -5.13. The first kappa shape index (κ1) is 27.9. The fourth-order valence-corrected chi connectivity index (χ4v) is 3.84. The summed E-state index contributed by atoms with van der Waals surface area (Å²) in [7, 11) is 1.51. The van der Waals surface area contributed by atoms with Gasteiger partial charge >= 0.3 is 18.1 Å². The standard InChI is InChI=1S/C25H28F4N4O4/c1-3-31-10-12-32(13-11-31)24(36)33(19-6-8-20(37-2)9-7-19)16-18-5-4-17(14-21(18)26)22(34)15-30-23(35)25(27,28)29/h4-9,14H,3,10-13,15-16H2,1-2H3,(H,30,35). The Labute approximate surface area is 211 Å². The average Bonchev–Trinajstić information content (AvgIpc) is 2.90. The van der Waals surface area contributed by atoms with Gasteiger partial charge in [0.2, 0.25) is 0 Å². The molecule has 3 amide bonds. The molecule has 8 nitrogen and oxygen atoms in total. The first-order valence-electron chi connectivity index (χ1n) is 11.6. The quantitative estimate of drug-likeness (QED) is 0.423. The second-order valence-electron chi connectivity index (χ2n) is 8.40. The van der Waals surface area contributed by atoms with E-state index in [4.69, 9.17) is 4.74 Å². The van der Waals surface area contributed by atoms with Crippen LogP contribution in [0.4, 0.5) is 28.0 Å². The molecular weight excluding hydrogens is 496 g/mol. The molecule has 0 aliphatic carbocycles. The smallest absolute Gasteiger partial charge is 0.471 e. The van der Waals surface area contributed by atoms with Crippen LogP contribution in [0, 0.1) is 5.82 Å². The van der Waals surface area contributed by atoms with Crippen LogP contribution in [0.2, 0.25) is 0 Å². The number of nitrogens with zero attached hydrogens (tertiary/aromatic N) is 3. The van der Waals surface area contributed by atoms with Crippen molar-refractivity contribution in [1.82, 2.24) is 15.1 Å². The molecule has 12 heteroatoms. The summed E-state index contributed by atoms with van der Waals surface area (Å²) in [6.07, 6.45) is -5.13. The summed E-state index contributed by atoms with van der Waals surface area (Å²) in [5.41, 5.74) is 0.409. The first-order chi connectivity index (χ1) is 17.5. The van der Waals surface area contributed by atoms with E-state index in [2.05, 4.69) is 4.90 Å². The lowest BCUT2D eigenvalue weighted by Gasteiger charge is -2.37. The summed E-state index contributed by atoms with van der Waals surface area (Å²) in [6.45, 7) is 4.30. The maximum absolute atomic E-state index is 15.0. The van der Waals surface area contributed by atoms with Crippen LogP contribution >= 0.6 is 0 Å². The highest BCUT2D eigenvalue weighted by atomic mass is 19.4. The number of carbonyl (C=O) groups excluding carboxylic acids is 3. The molecular formula is C25H28F4N4O4. The number of ether oxygens (including phenoxy) is 1. The van der Waals surface area contributed by atoms with E-state index in [9.17, 15) is 31.9 Å².